The van der Waals surface area contributed by atoms with Crippen molar-refractivity contribution in [3.63, 3.8) is 0 Å². The van der Waals surface area contributed by atoms with Crippen LogP contribution in [0.25, 0.3) is 0 Å². The first-order valence-corrected chi connectivity index (χ1v) is 8.29. The van der Waals surface area contributed by atoms with E-state index >= 15 is 0 Å². The number of carbonyl (C=O) groups is 1. The van der Waals surface area contributed by atoms with Crippen molar-refractivity contribution in [3.8, 4) is 11.5 Å². The molecule has 0 aromatic heterocycles. The van der Waals surface area contributed by atoms with Gasteiger partial charge in [-0.2, -0.15) is 5.10 Å². The number of rotatable bonds is 7. The van der Waals surface area contributed by atoms with Crippen LogP contribution in [-0.2, 0) is 11.2 Å². The van der Waals surface area contributed by atoms with Crippen LogP contribution < -0.4 is 14.9 Å². The molecule has 1 amide bonds. The predicted molar refractivity (Wildman–Crippen MR) is 97.7 cm³/mol. The average Bonchev–Trinajstić information content (AvgIpc) is 2.60. The molecule has 2 rings (SSSR count). The highest BCUT2D eigenvalue weighted by Crippen LogP contribution is 2.21. The first-order chi connectivity index (χ1) is 11.6. The van der Waals surface area contributed by atoms with Crippen molar-refractivity contribution in [2.24, 2.45) is 5.10 Å². The number of methoxy groups -OCH3 is 1. The van der Waals surface area contributed by atoms with Crippen LogP contribution in [0.4, 0.5) is 0 Å². The first-order valence-electron chi connectivity index (χ1n) is 7.49. The molecule has 24 heavy (non-hydrogen) atoms. The number of aryl methyl sites for hydroxylation is 1. The zero-order valence-electron chi connectivity index (χ0n) is 13.6. The molecular weight excluding hydrogens is 372 g/mol. The monoisotopic (exact) mass is 390 g/mol. The van der Waals surface area contributed by atoms with Gasteiger partial charge in [-0.05, 0) is 42.3 Å². The van der Waals surface area contributed by atoms with E-state index in [-0.39, 0.29) is 12.5 Å². The van der Waals surface area contributed by atoms with Crippen molar-refractivity contribution in [2.75, 3.05) is 13.7 Å². The molecule has 0 aliphatic heterocycles. The summed E-state index contributed by atoms with van der Waals surface area (Å²) in [5.41, 5.74) is 4.40. The molecule has 0 spiro atoms. The number of amides is 1. The highest BCUT2D eigenvalue weighted by atomic mass is 79.9. The number of carbonyl (C=O) groups excluding carboxylic acids is 1. The van der Waals surface area contributed by atoms with Crippen molar-refractivity contribution in [3.05, 3.63) is 58.1 Å². The number of hydrogen-bond donors (Lipinski definition) is 1. The third-order valence-corrected chi connectivity index (χ3v) is 3.78. The lowest BCUT2D eigenvalue weighted by molar-refractivity contribution is -0.123. The Balaban J connectivity index is 1.85. The maximum Gasteiger partial charge on any atom is 0.277 e. The Morgan fingerprint density at radius 1 is 1.25 bits per heavy atom. The number of nitrogens with one attached hydrogen (secondary N) is 1. The third-order valence-electron chi connectivity index (χ3n) is 3.29. The quantitative estimate of drug-likeness (QED) is 0.580. The molecule has 126 valence electrons. The number of hydrogen-bond acceptors (Lipinski definition) is 4. The zero-order valence-corrected chi connectivity index (χ0v) is 15.2. The van der Waals surface area contributed by atoms with E-state index in [4.69, 9.17) is 9.47 Å². The van der Waals surface area contributed by atoms with Crippen molar-refractivity contribution in [1.29, 1.82) is 0 Å². The molecule has 0 atom stereocenters. The van der Waals surface area contributed by atoms with E-state index in [1.807, 2.05) is 42.5 Å². The Kier molecular flexibility index (Phi) is 6.81. The molecule has 2 aromatic rings. The Morgan fingerprint density at radius 3 is 2.67 bits per heavy atom. The molecule has 2 aromatic carbocycles. The van der Waals surface area contributed by atoms with Gasteiger partial charge in [-0.3, -0.25) is 4.79 Å². The maximum atomic E-state index is 11.8. The van der Waals surface area contributed by atoms with Gasteiger partial charge in [0.2, 0.25) is 0 Å². The normalized spacial score (nSPS) is 10.6. The van der Waals surface area contributed by atoms with Crippen LogP contribution in [0.2, 0.25) is 0 Å². The SMILES string of the molecule is CCc1ccc(OCC(=O)N/N=C/c2cc(Br)ccc2OC)cc1. The lowest BCUT2D eigenvalue weighted by Crippen LogP contribution is -2.24. The van der Waals surface area contributed by atoms with E-state index in [9.17, 15) is 4.79 Å². The zero-order chi connectivity index (χ0) is 17.4. The van der Waals surface area contributed by atoms with Crippen LogP contribution >= 0.6 is 15.9 Å². The van der Waals surface area contributed by atoms with Crippen LogP contribution in [0, 0.1) is 0 Å². The second-order valence-corrected chi connectivity index (χ2v) is 5.88. The van der Waals surface area contributed by atoms with E-state index in [1.54, 1.807) is 7.11 Å². The van der Waals surface area contributed by atoms with Gasteiger partial charge in [0.25, 0.3) is 5.91 Å². The van der Waals surface area contributed by atoms with E-state index in [0.717, 1.165) is 16.5 Å². The summed E-state index contributed by atoms with van der Waals surface area (Å²) in [7, 11) is 1.58. The fraction of sp³-hybridized carbons (Fsp3) is 0.222. The second-order valence-electron chi connectivity index (χ2n) is 4.97. The minimum atomic E-state index is -0.334. The summed E-state index contributed by atoms with van der Waals surface area (Å²) in [5, 5.41) is 3.93. The standard InChI is InChI=1S/C18H19BrN2O3/c1-3-13-4-7-16(8-5-13)24-12-18(22)21-20-11-14-10-15(19)6-9-17(14)23-2/h4-11H,3,12H2,1-2H3,(H,21,22)/b20-11+. The van der Waals surface area contributed by atoms with E-state index in [1.165, 1.54) is 11.8 Å². The molecule has 0 saturated carbocycles. The van der Waals surface area contributed by atoms with Crippen LogP contribution in [0.5, 0.6) is 11.5 Å². The van der Waals surface area contributed by atoms with Gasteiger partial charge in [-0.15, -0.1) is 0 Å². The van der Waals surface area contributed by atoms with E-state index < -0.39 is 0 Å². The average molecular weight is 391 g/mol. The van der Waals surface area contributed by atoms with Gasteiger partial charge in [0.05, 0.1) is 13.3 Å². The van der Waals surface area contributed by atoms with Gasteiger partial charge in [-0.25, -0.2) is 5.43 Å². The number of hydrazone groups is 1. The summed E-state index contributed by atoms with van der Waals surface area (Å²) in [6.07, 6.45) is 2.49. The smallest absolute Gasteiger partial charge is 0.277 e. The Morgan fingerprint density at radius 2 is 2.00 bits per heavy atom. The maximum absolute atomic E-state index is 11.8. The number of halogens is 1. The van der Waals surface area contributed by atoms with Crippen molar-refractivity contribution >= 4 is 28.1 Å². The van der Waals surface area contributed by atoms with Gasteiger partial charge in [0.1, 0.15) is 11.5 Å². The van der Waals surface area contributed by atoms with Gasteiger partial charge < -0.3 is 9.47 Å². The lowest BCUT2D eigenvalue weighted by atomic mass is 10.2. The van der Waals surface area contributed by atoms with Crippen molar-refractivity contribution in [1.82, 2.24) is 5.43 Å². The number of nitrogens with zero attached hydrogens (tertiary/aromatic N) is 1. The van der Waals surface area contributed by atoms with Crippen LogP contribution in [-0.4, -0.2) is 25.8 Å². The molecule has 1 N–H and O–H groups in total. The molecule has 0 radical (unpaired) electrons. The Bertz CT molecular complexity index is 715. The van der Waals surface area contributed by atoms with Gasteiger partial charge in [-0.1, -0.05) is 35.0 Å². The van der Waals surface area contributed by atoms with Crippen molar-refractivity contribution in [2.45, 2.75) is 13.3 Å². The molecular formula is C18H19BrN2O3. The van der Waals surface area contributed by atoms with E-state index in [2.05, 4.69) is 33.4 Å². The largest absolute Gasteiger partial charge is 0.496 e. The van der Waals surface area contributed by atoms with Crippen LogP contribution in [0.15, 0.2) is 52.0 Å². The highest BCUT2D eigenvalue weighted by Gasteiger charge is 2.03. The number of benzene rings is 2. The Labute approximate surface area is 149 Å². The van der Waals surface area contributed by atoms with Crippen molar-refractivity contribution < 1.29 is 14.3 Å². The fourth-order valence-corrected chi connectivity index (χ4v) is 2.36. The summed E-state index contributed by atoms with van der Waals surface area (Å²) in [6.45, 7) is 1.99. The molecule has 0 bridgehead atoms. The molecule has 5 nitrogen and oxygen atoms in total. The first kappa shape index (κ1) is 18.0. The summed E-state index contributed by atoms with van der Waals surface area (Å²) in [6, 6.07) is 13.2. The van der Waals surface area contributed by atoms with Crippen LogP contribution in [0.3, 0.4) is 0 Å². The third kappa shape index (κ3) is 5.38. The van der Waals surface area contributed by atoms with Gasteiger partial charge in [0, 0.05) is 10.0 Å². The summed E-state index contributed by atoms with van der Waals surface area (Å²) < 4.78 is 11.5. The fourth-order valence-electron chi connectivity index (χ4n) is 1.98. The molecule has 0 heterocycles. The van der Waals surface area contributed by atoms with E-state index in [0.29, 0.717) is 11.5 Å². The van der Waals surface area contributed by atoms with Gasteiger partial charge in [0.15, 0.2) is 6.61 Å². The summed E-state index contributed by atoms with van der Waals surface area (Å²) in [5.74, 6) is 0.989. The molecule has 0 saturated heterocycles. The summed E-state index contributed by atoms with van der Waals surface area (Å²) in [4.78, 5) is 11.8. The van der Waals surface area contributed by atoms with Gasteiger partial charge >= 0.3 is 0 Å². The molecule has 0 fully saturated rings. The highest BCUT2D eigenvalue weighted by molar-refractivity contribution is 9.10. The minimum Gasteiger partial charge on any atom is -0.496 e. The van der Waals surface area contributed by atoms with Crippen LogP contribution in [0.1, 0.15) is 18.1 Å². The molecule has 6 heteroatoms. The lowest BCUT2D eigenvalue weighted by Gasteiger charge is -2.06. The molecule has 0 unspecified atom stereocenters. The second kappa shape index (κ2) is 9.08. The molecule has 0 aliphatic carbocycles. The minimum absolute atomic E-state index is 0.0988. The number of ether oxygens (including phenoxy) is 2. The Hall–Kier alpha value is -2.34. The molecule has 0 aliphatic rings. The topological polar surface area (TPSA) is 59.9 Å². The summed E-state index contributed by atoms with van der Waals surface area (Å²) >= 11 is 3.38. The predicted octanol–water partition coefficient (Wildman–Crippen LogP) is 3.55.